The van der Waals surface area contributed by atoms with Gasteiger partial charge in [0.25, 0.3) is 0 Å². The SMILES string of the molecule is Cc1cc(=O)oc2cc(OC[C@H](O)C[NH+]3CCN(c4ccccc4F)CC3)ccc12. The lowest BCUT2D eigenvalue weighted by Crippen LogP contribution is -3.16. The summed E-state index contributed by atoms with van der Waals surface area (Å²) in [5.74, 6) is 0.352. The van der Waals surface area contributed by atoms with Gasteiger partial charge in [-0.05, 0) is 36.8 Å². The van der Waals surface area contributed by atoms with Crippen LogP contribution in [0.15, 0.2) is 57.7 Å². The summed E-state index contributed by atoms with van der Waals surface area (Å²) in [6, 6.07) is 13.6. The van der Waals surface area contributed by atoms with Crippen molar-refractivity contribution in [1.82, 2.24) is 0 Å². The van der Waals surface area contributed by atoms with Crippen molar-refractivity contribution in [3.8, 4) is 5.75 Å². The van der Waals surface area contributed by atoms with Crippen molar-refractivity contribution in [2.24, 2.45) is 0 Å². The average molecular weight is 413 g/mol. The molecule has 1 fully saturated rings. The van der Waals surface area contributed by atoms with E-state index >= 15 is 0 Å². The summed E-state index contributed by atoms with van der Waals surface area (Å²) < 4.78 is 24.9. The highest BCUT2D eigenvalue weighted by Gasteiger charge is 2.24. The second-order valence-electron chi connectivity index (χ2n) is 7.76. The number of rotatable bonds is 6. The van der Waals surface area contributed by atoms with Gasteiger partial charge in [-0.2, -0.15) is 0 Å². The summed E-state index contributed by atoms with van der Waals surface area (Å²) in [6.07, 6.45) is -0.625. The number of nitrogens with zero attached hydrogens (tertiary/aromatic N) is 1. The number of aryl methyl sites for hydroxylation is 1. The number of halogens is 1. The van der Waals surface area contributed by atoms with E-state index in [1.165, 1.54) is 17.0 Å². The van der Waals surface area contributed by atoms with Crippen molar-refractivity contribution in [3.05, 3.63) is 70.3 Å². The molecular formula is C23H26FN2O4+. The van der Waals surface area contributed by atoms with Gasteiger partial charge in [-0.1, -0.05) is 12.1 Å². The zero-order valence-corrected chi connectivity index (χ0v) is 16.9. The van der Waals surface area contributed by atoms with Gasteiger partial charge in [0.15, 0.2) is 0 Å². The number of piperazine rings is 1. The molecule has 1 aliphatic heterocycles. The smallest absolute Gasteiger partial charge is 0.336 e. The van der Waals surface area contributed by atoms with E-state index < -0.39 is 11.7 Å². The Kier molecular flexibility index (Phi) is 6.01. The molecule has 2 N–H and O–H groups in total. The Labute approximate surface area is 174 Å². The third-order valence-corrected chi connectivity index (χ3v) is 5.55. The van der Waals surface area contributed by atoms with Crippen LogP contribution in [-0.2, 0) is 0 Å². The van der Waals surface area contributed by atoms with Crippen molar-refractivity contribution in [2.75, 3.05) is 44.2 Å². The Morgan fingerprint density at radius 3 is 2.73 bits per heavy atom. The summed E-state index contributed by atoms with van der Waals surface area (Å²) in [7, 11) is 0. The first-order chi connectivity index (χ1) is 14.5. The van der Waals surface area contributed by atoms with Gasteiger partial charge in [0.2, 0.25) is 0 Å². The predicted octanol–water partition coefficient (Wildman–Crippen LogP) is 1.39. The van der Waals surface area contributed by atoms with Crippen molar-refractivity contribution in [1.29, 1.82) is 0 Å². The first-order valence-electron chi connectivity index (χ1n) is 10.2. The van der Waals surface area contributed by atoms with Gasteiger partial charge in [-0.25, -0.2) is 9.18 Å². The summed E-state index contributed by atoms with van der Waals surface area (Å²) >= 11 is 0. The van der Waals surface area contributed by atoms with Gasteiger partial charge in [-0.15, -0.1) is 0 Å². The maximum absolute atomic E-state index is 14.0. The van der Waals surface area contributed by atoms with Gasteiger partial charge in [0.05, 0.1) is 31.9 Å². The van der Waals surface area contributed by atoms with Crippen LogP contribution in [0.25, 0.3) is 11.0 Å². The lowest BCUT2D eigenvalue weighted by molar-refractivity contribution is -0.903. The van der Waals surface area contributed by atoms with Crippen molar-refractivity contribution in [2.45, 2.75) is 13.0 Å². The number of quaternary nitrogens is 1. The number of ether oxygens (including phenoxy) is 1. The molecule has 0 spiro atoms. The fourth-order valence-corrected chi connectivity index (χ4v) is 3.96. The molecule has 30 heavy (non-hydrogen) atoms. The molecule has 1 aliphatic rings. The molecule has 0 bridgehead atoms. The number of anilines is 1. The molecular weight excluding hydrogens is 387 g/mol. The lowest BCUT2D eigenvalue weighted by atomic mass is 10.1. The maximum Gasteiger partial charge on any atom is 0.336 e. The van der Waals surface area contributed by atoms with Crippen LogP contribution < -0.4 is 20.2 Å². The van der Waals surface area contributed by atoms with Gasteiger partial charge >= 0.3 is 5.63 Å². The van der Waals surface area contributed by atoms with E-state index in [2.05, 4.69) is 0 Å². The Morgan fingerprint density at radius 2 is 1.97 bits per heavy atom. The normalized spacial score (nSPS) is 16.0. The highest BCUT2D eigenvalue weighted by atomic mass is 19.1. The molecule has 1 aromatic heterocycles. The lowest BCUT2D eigenvalue weighted by Gasteiger charge is -2.34. The van der Waals surface area contributed by atoms with Crippen LogP contribution in [0.5, 0.6) is 5.75 Å². The van der Waals surface area contributed by atoms with Crippen molar-refractivity contribution >= 4 is 16.7 Å². The predicted molar refractivity (Wildman–Crippen MR) is 113 cm³/mol. The topological polar surface area (TPSA) is 67.3 Å². The van der Waals surface area contributed by atoms with Gasteiger partial charge < -0.3 is 24.1 Å². The quantitative estimate of drug-likeness (QED) is 0.598. The average Bonchev–Trinajstić information content (AvgIpc) is 2.73. The second-order valence-corrected chi connectivity index (χ2v) is 7.76. The first-order valence-corrected chi connectivity index (χ1v) is 10.2. The Balaban J connectivity index is 1.28. The molecule has 2 heterocycles. The number of hydrogen-bond acceptors (Lipinski definition) is 5. The molecule has 0 unspecified atom stereocenters. The van der Waals surface area contributed by atoms with Crippen LogP contribution in [0.3, 0.4) is 0 Å². The standard InChI is InChI=1S/C23H25FN2O4/c1-16-12-23(28)30-22-13-18(6-7-19(16)22)29-15-17(27)14-25-8-10-26(11-9-25)21-5-3-2-4-20(21)24/h2-7,12-13,17,27H,8-11,14-15H2,1H3/p+1/t17-/m1/s1. The minimum absolute atomic E-state index is 0.155. The second kappa shape index (κ2) is 8.85. The highest BCUT2D eigenvalue weighted by Crippen LogP contribution is 2.22. The zero-order valence-electron chi connectivity index (χ0n) is 16.9. The largest absolute Gasteiger partial charge is 0.491 e. The summed E-state index contributed by atoms with van der Waals surface area (Å²) in [6.45, 7) is 5.71. The molecule has 1 saturated heterocycles. The van der Waals surface area contributed by atoms with Gasteiger partial charge in [0, 0.05) is 17.5 Å². The van der Waals surface area contributed by atoms with E-state index in [-0.39, 0.29) is 12.4 Å². The third-order valence-electron chi connectivity index (χ3n) is 5.55. The molecule has 0 amide bonds. The van der Waals surface area contributed by atoms with Crippen LogP contribution in [0.4, 0.5) is 10.1 Å². The minimum Gasteiger partial charge on any atom is -0.491 e. The maximum atomic E-state index is 14.0. The van der Waals surface area contributed by atoms with Crippen molar-refractivity contribution in [3.63, 3.8) is 0 Å². The van der Waals surface area contributed by atoms with E-state index in [9.17, 15) is 14.3 Å². The Hall–Kier alpha value is -2.90. The van der Waals surface area contributed by atoms with Crippen LogP contribution in [-0.4, -0.2) is 50.5 Å². The molecule has 0 saturated carbocycles. The molecule has 0 radical (unpaired) electrons. The van der Waals surface area contributed by atoms with Crippen LogP contribution in [0.1, 0.15) is 5.56 Å². The summed E-state index contributed by atoms with van der Waals surface area (Å²) in [5.41, 5.74) is 1.57. The van der Waals surface area contributed by atoms with Crippen LogP contribution in [0.2, 0.25) is 0 Å². The molecule has 3 aromatic rings. The third kappa shape index (κ3) is 4.63. The van der Waals surface area contributed by atoms with E-state index in [0.29, 0.717) is 23.6 Å². The zero-order chi connectivity index (χ0) is 21.1. The molecule has 7 heteroatoms. The van der Waals surface area contributed by atoms with E-state index in [1.807, 2.05) is 30.0 Å². The molecule has 4 rings (SSSR count). The number of hydrogen-bond donors (Lipinski definition) is 2. The fraction of sp³-hybridized carbons (Fsp3) is 0.348. The molecule has 0 aliphatic carbocycles. The Morgan fingerprint density at radius 1 is 1.20 bits per heavy atom. The molecule has 1 atom stereocenters. The number of nitrogens with one attached hydrogen (secondary N) is 1. The number of aliphatic hydroxyl groups is 1. The van der Waals surface area contributed by atoms with E-state index in [4.69, 9.17) is 9.15 Å². The number of fused-ring (bicyclic) bond motifs is 1. The summed E-state index contributed by atoms with van der Waals surface area (Å²) in [4.78, 5) is 14.9. The fourth-order valence-electron chi connectivity index (χ4n) is 3.96. The van der Waals surface area contributed by atoms with E-state index in [0.717, 1.165) is 37.1 Å². The van der Waals surface area contributed by atoms with Crippen LogP contribution >= 0.6 is 0 Å². The number of aliphatic hydroxyl groups excluding tert-OH is 1. The van der Waals surface area contributed by atoms with Gasteiger partial charge in [-0.3, -0.25) is 0 Å². The molecule has 2 aromatic carbocycles. The minimum atomic E-state index is -0.625. The van der Waals surface area contributed by atoms with Crippen LogP contribution in [0, 0.1) is 12.7 Å². The molecule has 158 valence electrons. The van der Waals surface area contributed by atoms with Crippen molar-refractivity contribution < 1.29 is 23.6 Å². The highest BCUT2D eigenvalue weighted by molar-refractivity contribution is 5.81. The Bertz CT molecular complexity index is 1080. The number of benzene rings is 2. The van der Waals surface area contributed by atoms with E-state index in [1.54, 1.807) is 18.2 Å². The molecule has 6 nitrogen and oxygen atoms in total. The summed E-state index contributed by atoms with van der Waals surface area (Å²) in [5, 5.41) is 11.3. The van der Waals surface area contributed by atoms with Gasteiger partial charge in [0.1, 0.15) is 36.4 Å². The monoisotopic (exact) mass is 413 g/mol. The first kappa shape index (κ1) is 20.4. The number of para-hydroxylation sites is 1.